The van der Waals surface area contributed by atoms with Gasteiger partial charge in [0.15, 0.2) is 0 Å². The number of rotatable bonds is 4. The third-order valence-corrected chi connectivity index (χ3v) is 1.77. The van der Waals surface area contributed by atoms with Crippen LogP contribution in [0.1, 0.15) is 34.1 Å². The highest BCUT2D eigenvalue weighted by Gasteiger charge is 2.11. The van der Waals surface area contributed by atoms with Crippen LogP contribution in [0.15, 0.2) is 0 Å². The Kier molecular flexibility index (Phi) is 5.31. The third kappa shape index (κ3) is 5.42. The molecule has 0 aromatic rings. The van der Waals surface area contributed by atoms with Crippen LogP contribution >= 0.6 is 11.6 Å². The highest BCUT2D eigenvalue weighted by atomic mass is 35.5. The maximum absolute atomic E-state index is 11.2. The Balaban J connectivity index is 3.69. The predicted molar refractivity (Wildman–Crippen MR) is 52.4 cm³/mol. The number of hydrogen-bond donors (Lipinski definition) is 1. The van der Waals surface area contributed by atoms with E-state index >= 15 is 0 Å². The molecule has 0 aliphatic heterocycles. The van der Waals surface area contributed by atoms with Crippen molar-refractivity contribution >= 4 is 17.5 Å². The van der Waals surface area contributed by atoms with Crippen LogP contribution in [0.5, 0.6) is 0 Å². The van der Waals surface area contributed by atoms with E-state index in [-0.39, 0.29) is 23.2 Å². The van der Waals surface area contributed by atoms with E-state index in [0.29, 0.717) is 0 Å². The maximum Gasteiger partial charge on any atom is 0.222 e. The molecule has 3 heteroatoms. The average Bonchev–Trinajstić information content (AvgIpc) is 1.84. The summed E-state index contributed by atoms with van der Waals surface area (Å²) in [5.41, 5.74) is 0. The van der Waals surface area contributed by atoms with Gasteiger partial charge in [0.1, 0.15) is 0 Å². The topological polar surface area (TPSA) is 29.1 Å². The lowest BCUT2D eigenvalue weighted by Gasteiger charge is -2.16. The molecule has 0 rings (SSSR count). The van der Waals surface area contributed by atoms with Crippen LogP contribution in [0.25, 0.3) is 0 Å². The molecule has 0 bridgehead atoms. The van der Waals surface area contributed by atoms with E-state index in [4.69, 9.17) is 11.6 Å². The fourth-order valence-corrected chi connectivity index (χ4v) is 1.22. The van der Waals surface area contributed by atoms with Gasteiger partial charge >= 0.3 is 0 Å². The van der Waals surface area contributed by atoms with E-state index < -0.39 is 0 Å². The lowest BCUT2D eigenvalue weighted by molar-refractivity contribution is -0.124. The molecule has 0 aromatic heterocycles. The Labute approximate surface area is 79.7 Å². The molecule has 0 fully saturated rings. The molecule has 0 aliphatic rings. The van der Waals surface area contributed by atoms with Gasteiger partial charge in [0, 0.05) is 17.3 Å². The number of nitrogens with one attached hydrogen (secondary N) is 1. The monoisotopic (exact) mass is 191 g/mol. The standard InChI is InChI=1S/C9H18ClNO/c1-6(2)9(12)11-8(4)5-7(3)10/h6-8H,5H2,1-4H3,(H,11,12). The van der Waals surface area contributed by atoms with E-state index in [1.54, 1.807) is 0 Å². The summed E-state index contributed by atoms with van der Waals surface area (Å²) in [5.74, 6) is 0.151. The first kappa shape index (κ1) is 11.8. The van der Waals surface area contributed by atoms with Crippen molar-refractivity contribution in [1.82, 2.24) is 5.32 Å². The average molecular weight is 192 g/mol. The number of carbonyl (C=O) groups excluding carboxylic acids is 1. The van der Waals surface area contributed by atoms with Gasteiger partial charge in [-0.15, -0.1) is 11.6 Å². The van der Waals surface area contributed by atoms with Crippen molar-refractivity contribution < 1.29 is 4.79 Å². The lowest BCUT2D eigenvalue weighted by atomic mass is 10.1. The molecular formula is C9H18ClNO. The van der Waals surface area contributed by atoms with Gasteiger partial charge in [-0.1, -0.05) is 13.8 Å². The van der Waals surface area contributed by atoms with Gasteiger partial charge in [-0.2, -0.15) is 0 Å². The number of hydrogen-bond acceptors (Lipinski definition) is 1. The Hall–Kier alpha value is -0.240. The molecule has 0 saturated heterocycles. The molecule has 1 amide bonds. The van der Waals surface area contributed by atoms with Crippen LogP contribution in [-0.4, -0.2) is 17.3 Å². The van der Waals surface area contributed by atoms with Crippen molar-refractivity contribution in [1.29, 1.82) is 0 Å². The minimum atomic E-state index is 0.0538. The fraction of sp³-hybridized carbons (Fsp3) is 0.889. The summed E-state index contributed by atoms with van der Waals surface area (Å²) in [6.45, 7) is 7.66. The molecular weight excluding hydrogens is 174 g/mol. The van der Waals surface area contributed by atoms with Gasteiger partial charge < -0.3 is 5.32 Å². The van der Waals surface area contributed by atoms with Gasteiger partial charge in [0.25, 0.3) is 0 Å². The van der Waals surface area contributed by atoms with Crippen LogP contribution in [0.3, 0.4) is 0 Å². The van der Waals surface area contributed by atoms with Gasteiger partial charge in [-0.25, -0.2) is 0 Å². The zero-order valence-corrected chi connectivity index (χ0v) is 8.98. The Morgan fingerprint density at radius 2 is 1.83 bits per heavy atom. The van der Waals surface area contributed by atoms with Gasteiger partial charge in [-0.05, 0) is 20.3 Å². The fourth-order valence-electron chi connectivity index (χ4n) is 0.956. The molecule has 12 heavy (non-hydrogen) atoms. The zero-order valence-electron chi connectivity index (χ0n) is 8.23. The van der Waals surface area contributed by atoms with E-state index in [1.807, 2.05) is 27.7 Å². The first-order valence-electron chi connectivity index (χ1n) is 4.38. The Morgan fingerprint density at radius 3 is 2.17 bits per heavy atom. The van der Waals surface area contributed by atoms with E-state index in [0.717, 1.165) is 6.42 Å². The largest absolute Gasteiger partial charge is 0.353 e. The summed E-state index contributed by atoms with van der Waals surface area (Å²) in [7, 11) is 0. The number of carbonyl (C=O) groups is 1. The van der Waals surface area contributed by atoms with Crippen LogP contribution in [-0.2, 0) is 4.79 Å². The minimum Gasteiger partial charge on any atom is -0.353 e. The first-order valence-corrected chi connectivity index (χ1v) is 4.81. The molecule has 0 heterocycles. The van der Waals surface area contributed by atoms with Crippen LogP contribution in [0.4, 0.5) is 0 Å². The van der Waals surface area contributed by atoms with Crippen LogP contribution in [0.2, 0.25) is 0 Å². The SMILES string of the molecule is CC(Cl)CC(C)NC(=O)C(C)C. The summed E-state index contributed by atoms with van der Waals surface area (Å²) in [5, 5.41) is 3.01. The molecule has 2 nitrogen and oxygen atoms in total. The Morgan fingerprint density at radius 1 is 1.33 bits per heavy atom. The smallest absolute Gasteiger partial charge is 0.222 e. The number of alkyl halides is 1. The minimum absolute atomic E-state index is 0.0538. The number of halogens is 1. The molecule has 72 valence electrons. The van der Waals surface area contributed by atoms with E-state index in [1.165, 1.54) is 0 Å². The van der Waals surface area contributed by atoms with Crippen molar-refractivity contribution in [3.8, 4) is 0 Å². The predicted octanol–water partition coefficient (Wildman–Crippen LogP) is 2.16. The van der Waals surface area contributed by atoms with E-state index in [9.17, 15) is 4.79 Å². The first-order chi connectivity index (χ1) is 5.43. The molecule has 0 aromatic carbocycles. The molecule has 2 atom stereocenters. The number of amides is 1. The van der Waals surface area contributed by atoms with Crippen LogP contribution in [0, 0.1) is 5.92 Å². The quantitative estimate of drug-likeness (QED) is 0.679. The molecule has 1 N–H and O–H groups in total. The third-order valence-electron chi connectivity index (χ3n) is 1.59. The zero-order chi connectivity index (χ0) is 9.72. The van der Waals surface area contributed by atoms with Crippen molar-refractivity contribution in [3.05, 3.63) is 0 Å². The van der Waals surface area contributed by atoms with Gasteiger partial charge in [0.2, 0.25) is 5.91 Å². The molecule has 0 spiro atoms. The maximum atomic E-state index is 11.2. The van der Waals surface area contributed by atoms with Crippen molar-refractivity contribution in [2.45, 2.75) is 45.5 Å². The summed E-state index contributed by atoms with van der Waals surface area (Å²) >= 11 is 5.78. The van der Waals surface area contributed by atoms with Gasteiger partial charge in [0.05, 0.1) is 0 Å². The lowest BCUT2D eigenvalue weighted by Crippen LogP contribution is -2.36. The second-order valence-electron chi connectivity index (χ2n) is 3.58. The second kappa shape index (κ2) is 5.41. The highest BCUT2D eigenvalue weighted by Crippen LogP contribution is 2.04. The Bertz CT molecular complexity index is 145. The van der Waals surface area contributed by atoms with Gasteiger partial charge in [-0.3, -0.25) is 4.79 Å². The molecule has 0 saturated carbocycles. The highest BCUT2D eigenvalue weighted by molar-refractivity contribution is 6.20. The van der Waals surface area contributed by atoms with E-state index in [2.05, 4.69) is 5.32 Å². The van der Waals surface area contributed by atoms with Crippen molar-refractivity contribution in [2.24, 2.45) is 5.92 Å². The summed E-state index contributed by atoms with van der Waals surface area (Å²) in [6.07, 6.45) is 0.819. The summed E-state index contributed by atoms with van der Waals surface area (Å²) in [4.78, 5) is 11.2. The normalized spacial score (nSPS) is 15.8. The van der Waals surface area contributed by atoms with Crippen LogP contribution < -0.4 is 5.32 Å². The molecule has 0 radical (unpaired) electrons. The molecule has 2 unspecified atom stereocenters. The second-order valence-corrected chi connectivity index (χ2v) is 4.33. The van der Waals surface area contributed by atoms with Crippen molar-refractivity contribution in [2.75, 3.05) is 0 Å². The van der Waals surface area contributed by atoms with Crippen molar-refractivity contribution in [3.63, 3.8) is 0 Å². The molecule has 0 aliphatic carbocycles. The summed E-state index contributed by atoms with van der Waals surface area (Å²) in [6, 6.07) is 0.174. The summed E-state index contributed by atoms with van der Waals surface area (Å²) < 4.78 is 0.